The van der Waals surface area contributed by atoms with Crippen molar-refractivity contribution in [1.29, 1.82) is 0 Å². The fourth-order valence-electron chi connectivity index (χ4n) is 1.76. The Kier molecular flexibility index (Phi) is 3.89. The van der Waals surface area contributed by atoms with Gasteiger partial charge >= 0.3 is 0 Å². The van der Waals surface area contributed by atoms with Gasteiger partial charge in [0.2, 0.25) is 0 Å². The van der Waals surface area contributed by atoms with E-state index in [1.54, 1.807) is 12.0 Å². The smallest absolute Gasteiger partial charge is 0.129 e. The third-order valence-electron chi connectivity index (χ3n) is 2.91. The number of aliphatic hydroxyl groups excluding tert-OH is 1. The highest BCUT2D eigenvalue weighted by molar-refractivity contribution is 5.65. The molecule has 2 N–H and O–H groups in total. The zero-order valence-electron chi connectivity index (χ0n) is 10.6. The van der Waals surface area contributed by atoms with Crippen LogP contribution in [0.1, 0.15) is 12.0 Å². The molecule has 4 nitrogen and oxygen atoms in total. The largest absolute Gasteiger partial charge is 0.497 e. The predicted octanol–water partition coefficient (Wildman–Crippen LogP) is 1.75. The maximum Gasteiger partial charge on any atom is 0.129 e. The third-order valence-corrected chi connectivity index (χ3v) is 2.91. The Morgan fingerprint density at radius 1 is 1.33 bits per heavy atom. The Morgan fingerprint density at radius 2 is 2.06 bits per heavy atom. The molecule has 1 atom stereocenters. The molecule has 2 rings (SSSR count). The molecule has 0 radical (unpaired) electrons. The molecule has 1 aromatic rings. The maximum absolute atomic E-state index is 9.81. The van der Waals surface area contributed by atoms with Crippen LogP contribution in [0.4, 0.5) is 0 Å². The van der Waals surface area contributed by atoms with Crippen molar-refractivity contribution in [2.75, 3.05) is 14.2 Å². The van der Waals surface area contributed by atoms with Crippen LogP contribution in [0.2, 0.25) is 0 Å². The second-order valence-corrected chi connectivity index (χ2v) is 4.20. The van der Waals surface area contributed by atoms with Crippen molar-refractivity contribution in [3.8, 4) is 5.75 Å². The van der Waals surface area contributed by atoms with Gasteiger partial charge in [-0.2, -0.15) is 0 Å². The van der Waals surface area contributed by atoms with E-state index in [9.17, 15) is 5.11 Å². The molecule has 0 aliphatic carbocycles. The first kappa shape index (κ1) is 12.5. The fourth-order valence-corrected chi connectivity index (χ4v) is 1.76. The Bertz CT molecular complexity index is 451. The van der Waals surface area contributed by atoms with Gasteiger partial charge in [-0.1, -0.05) is 6.08 Å². The number of rotatable bonds is 2. The van der Waals surface area contributed by atoms with Crippen molar-refractivity contribution >= 4 is 5.70 Å². The SMILES string of the molecule is COc1ccc(/C2=C/N(C)C(O)C/C=C\N2)cc1. The van der Waals surface area contributed by atoms with Crippen LogP contribution in [-0.2, 0) is 0 Å². The number of ether oxygens (including phenoxy) is 1. The number of hydrogen-bond acceptors (Lipinski definition) is 4. The van der Waals surface area contributed by atoms with Crippen molar-refractivity contribution in [2.24, 2.45) is 0 Å². The summed E-state index contributed by atoms with van der Waals surface area (Å²) in [5, 5.41) is 13.0. The van der Waals surface area contributed by atoms with Crippen LogP contribution < -0.4 is 10.1 Å². The van der Waals surface area contributed by atoms with E-state index >= 15 is 0 Å². The molecule has 96 valence electrons. The Labute approximate surface area is 107 Å². The molecular formula is C14H18N2O2. The van der Waals surface area contributed by atoms with Crippen LogP contribution >= 0.6 is 0 Å². The summed E-state index contributed by atoms with van der Waals surface area (Å²) in [6.07, 6.45) is 5.78. The molecule has 4 heteroatoms. The Morgan fingerprint density at radius 3 is 2.72 bits per heavy atom. The molecule has 0 bridgehead atoms. The Balaban J connectivity index is 2.26. The standard InChI is InChI=1S/C14H18N2O2/c1-16-10-13(15-9-3-4-14(16)17)11-5-7-12(18-2)8-6-11/h3,5-10,14-15,17H,4H2,1-2H3/b9-3-,13-10-. The normalized spacial score (nSPS) is 24.3. The average Bonchev–Trinajstić information content (AvgIpc) is 2.40. The lowest BCUT2D eigenvalue weighted by Crippen LogP contribution is -2.28. The van der Waals surface area contributed by atoms with Crippen LogP contribution in [-0.4, -0.2) is 30.4 Å². The highest BCUT2D eigenvalue weighted by Crippen LogP contribution is 2.19. The Hall–Kier alpha value is -1.94. The van der Waals surface area contributed by atoms with Crippen LogP contribution in [0.25, 0.3) is 5.70 Å². The number of methoxy groups -OCH3 is 1. The number of hydrogen-bond donors (Lipinski definition) is 2. The molecule has 0 fully saturated rings. The van der Waals surface area contributed by atoms with Gasteiger partial charge in [-0.05, 0) is 36.0 Å². The number of nitrogens with one attached hydrogen (secondary N) is 1. The number of aliphatic hydroxyl groups is 1. The van der Waals surface area contributed by atoms with E-state index in [4.69, 9.17) is 4.74 Å². The van der Waals surface area contributed by atoms with E-state index in [1.165, 1.54) is 0 Å². The summed E-state index contributed by atoms with van der Waals surface area (Å²) in [4.78, 5) is 1.79. The van der Waals surface area contributed by atoms with Gasteiger partial charge in [0.15, 0.2) is 0 Å². The lowest BCUT2D eigenvalue weighted by atomic mass is 10.1. The maximum atomic E-state index is 9.81. The van der Waals surface area contributed by atoms with Gasteiger partial charge in [0, 0.05) is 19.7 Å². The van der Waals surface area contributed by atoms with Gasteiger partial charge in [0.1, 0.15) is 12.0 Å². The van der Waals surface area contributed by atoms with Gasteiger partial charge in [0.25, 0.3) is 0 Å². The molecule has 0 spiro atoms. The first-order valence-electron chi connectivity index (χ1n) is 5.88. The number of nitrogens with zero attached hydrogens (tertiary/aromatic N) is 1. The molecule has 0 amide bonds. The summed E-state index contributed by atoms with van der Waals surface area (Å²) < 4.78 is 5.14. The summed E-state index contributed by atoms with van der Waals surface area (Å²) >= 11 is 0. The highest BCUT2D eigenvalue weighted by atomic mass is 16.5. The van der Waals surface area contributed by atoms with Gasteiger partial charge < -0.3 is 20.1 Å². The zero-order chi connectivity index (χ0) is 13.0. The lowest BCUT2D eigenvalue weighted by molar-refractivity contribution is 0.0577. The topological polar surface area (TPSA) is 44.7 Å². The molecule has 1 unspecified atom stereocenters. The molecule has 1 aromatic carbocycles. The van der Waals surface area contributed by atoms with E-state index in [0.717, 1.165) is 17.0 Å². The quantitative estimate of drug-likeness (QED) is 0.834. The second-order valence-electron chi connectivity index (χ2n) is 4.20. The molecule has 1 heterocycles. The first-order chi connectivity index (χ1) is 8.70. The summed E-state index contributed by atoms with van der Waals surface area (Å²) in [5.74, 6) is 0.828. The van der Waals surface area contributed by atoms with Crippen LogP contribution in [0.15, 0.2) is 42.7 Å². The van der Waals surface area contributed by atoms with Crippen molar-refractivity contribution in [3.63, 3.8) is 0 Å². The van der Waals surface area contributed by atoms with Gasteiger partial charge in [0.05, 0.1) is 12.8 Å². The zero-order valence-corrected chi connectivity index (χ0v) is 10.6. The van der Waals surface area contributed by atoms with Crippen molar-refractivity contribution in [1.82, 2.24) is 10.2 Å². The molecule has 0 aromatic heterocycles. The van der Waals surface area contributed by atoms with Crippen molar-refractivity contribution in [3.05, 3.63) is 48.3 Å². The van der Waals surface area contributed by atoms with Crippen LogP contribution in [0.3, 0.4) is 0 Å². The minimum absolute atomic E-state index is 0.489. The highest BCUT2D eigenvalue weighted by Gasteiger charge is 2.10. The number of benzene rings is 1. The van der Waals surface area contributed by atoms with Crippen LogP contribution in [0.5, 0.6) is 5.75 Å². The predicted molar refractivity (Wildman–Crippen MR) is 71.6 cm³/mol. The molecular weight excluding hydrogens is 228 g/mol. The summed E-state index contributed by atoms with van der Waals surface area (Å²) in [5.41, 5.74) is 1.98. The van der Waals surface area contributed by atoms with Gasteiger partial charge in [-0.15, -0.1) is 0 Å². The minimum Gasteiger partial charge on any atom is -0.497 e. The van der Waals surface area contributed by atoms with Crippen molar-refractivity contribution in [2.45, 2.75) is 12.6 Å². The molecule has 0 saturated heterocycles. The van der Waals surface area contributed by atoms with E-state index < -0.39 is 6.23 Å². The first-order valence-corrected chi connectivity index (χ1v) is 5.88. The van der Waals surface area contributed by atoms with E-state index in [-0.39, 0.29) is 0 Å². The molecule has 0 saturated carbocycles. The molecule has 1 aliphatic heterocycles. The fraction of sp³-hybridized carbons (Fsp3) is 0.286. The monoisotopic (exact) mass is 246 g/mol. The average molecular weight is 246 g/mol. The summed E-state index contributed by atoms with van der Waals surface area (Å²) in [6.45, 7) is 0. The second kappa shape index (κ2) is 5.60. The summed E-state index contributed by atoms with van der Waals surface area (Å²) in [7, 11) is 3.50. The van der Waals surface area contributed by atoms with Gasteiger partial charge in [-0.25, -0.2) is 0 Å². The van der Waals surface area contributed by atoms with Crippen molar-refractivity contribution < 1.29 is 9.84 Å². The van der Waals surface area contributed by atoms with Gasteiger partial charge in [-0.3, -0.25) is 0 Å². The third kappa shape index (κ3) is 2.84. The summed E-state index contributed by atoms with van der Waals surface area (Å²) in [6, 6.07) is 7.79. The lowest BCUT2D eigenvalue weighted by Gasteiger charge is -2.24. The van der Waals surface area contributed by atoms with Crippen LogP contribution in [0, 0.1) is 0 Å². The molecule has 1 aliphatic rings. The molecule has 18 heavy (non-hydrogen) atoms. The van der Waals surface area contributed by atoms with E-state index in [2.05, 4.69) is 5.32 Å². The minimum atomic E-state index is -0.489. The van der Waals surface area contributed by atoms with E-state index in [0.29, 0.717) is 6.42 Å². The van der Waals surface area contributed by atoms with E-state index in [1.807, 2.05) is 49.8 Å².